The molecule has 2 aromatic rings. The van der Waals surface area contributed by atoms with Crippen molar-refractivity contribution in [1.29, 1.82) is 0 Å². The van der Waals surface area contributed by atoms with Crippen molar-refractivity contribution in [2.24, 2.45) is 0 Å². The molecule has 0 amide bonds. The SMILES string of the molecule is Cc1cccc(NC(=S)NC2CC3CCC(C2)N3Cc2cccs2)c1C. The number of nitrogens with one attached hydrogen (secondary N) is 2. The number of thiophene rings is 1. The minimum Gasteiger partial charge on any atom is -0.360 e. The molecule has 2 fully saturated rings. The van der Waals surface area contributed by atoms with Crippen molar-refractivity contribution >= 4 is 34.4 Å². The van der Waals surface area contributed by atoms with Gasteiger partial charge in [0.15, 0.2) is 5.11 Å². The van der Waals surface area contributed by atoms with E-state index in [4.69, 9.17) is 12.2 Å². The van der Waals surface area contributed by atoms with Gasteiger partial charge in [-0.1, -0.05) is 18.2 Å². The molecule has 1 aromatic heterocycles. The zero-order chi connectivity index (χ0) is 18.1. The molecule has 4 rings (SSSR count). The van der Waals surface area contributed by atoms with E-state index in [0.29, 0.717) is 18.1 Å². The fraction of sp³-hybridized carbons (Fsp3) is 0.476. The van der Waals surface area contributed by atoms with Crippen LogP contribution >= 0.6 is 23.6 Å². The lowest BCUT2D eigenvalue weighted by Crippen LogP contribution is -2.50. The molecular formula is C21H27N3S2. The molecule has 138 valence electrons. The van der Waals surface area contributed by atoms with E-state index in [1.165, 1.54) is 41.7 Å². The monoisotopic (exact) mass is 385 g/mol. The molecule has 2 aliphatic rings. The van der Waals surface area contributed by atoms with E-state index in [2.05, 4.69) is 65.1 Å². The summed E-state index contributed by atoms with van der Waals surface area (Å²) >= 11 is 7.48. The Labute approximate surface area is 165 Å². The van der Waals surface area contributed by atoms with Gasteiger partial charge in [0.1, 0.15) is 0 Å². The Morgan fingerprint density at radius 3 is 2.62 bits per heavy atom. The lowest BCUT2D eigenvalue weighted by Gasteiger charge is -2.39. The number of thiocarbonyl (C=S) groups is 1. The van der Waals surface area contributed by atoms with Crippen molar-refractivity contribution in [3.63, 3.8) is 0 Å². The van der Waals surface area contributed by atoms with E-state index in [9.17, 15) is 0 Å². The number of nitrogens with zero attached hydrogens (tertiary/aromatic N) is 1. The van der Waals surface area contributed by atoms with Crippen LogP contribution in [-0.2, 0) is 6.54 Å². The fourth-order valence-corrected chi connectivity index (χ4v) is 5.45. The summed E-state index contributed by atoms with van der Waals surface area (Å²) in [7, 11) is 0. The molecule has 2 atom stereocenters. The summed E-state index contributed by atoms with van der Waals surface area (Å²) in [6.45, 7) is 5.40. The summed E-state index contributed by atoms with van der Waals surface area (Å²) in [5, 5.41) is 9.94. The largest absolute Gasteiger partial charge is 0.360 e. The predicted octanol–water partition coefficient (Wildman–Crippen LogP) is 4.85. The van der Waals surface area contributed by atoms with Gasteiger partial charge in [-0.15, -0.1) is 11.3 Å². The van der Waals surface area contributed by atoms with Gasteiger partial charge in [-0.3, -0.25) is 4.90 Å². The summed E-state index contributed by atoms with van der Waals surface area (Å²) in [5.74, 6) is 0. The maximum atomic E-state index is 5.61. The Kier molecular flexibility index (Phi) is 5.30. The van der Waals surface area contributed by atoms with Crippen LogP contribution in [0.15, 0.2) is 35.7 Å². The summed E-state index contributed by atoms with van der Waals surface area (Å²) in [6.07, 6.45) is 5.03. The van der Waals surface area contributed by atoms with E-state index >= 15 is 0 Å². The van der Waals surface area contributed by atoms with Crippen LogP contribution in [0.2, 0.25) is 0 Å². The molecule has 26 heavy (non-hydrogen) atoms. The first kappa shape index (κ1) is 18.0. The average molecular weight is 386 g/mol. The molecule has 0 saturated carbocycles. The third kappa shape index (κ3) is 3.80. The number of benzene rings is 1. The molecule has 3 nitrogen and oxygen atoms in total. The van der Waals surface area contributed by atoms with Crippen LogP contribution in [-0.4, -0.2) is 28.1 Å². The summed E-state index contributed by atoms with van der Waals surface area (Å²) in [4.78, 5) is 4.21. The zero-order valence-electron chi connectivity index (χ0n) is 15.5. The van der Waals surface area contributed by atoms with Gasteiger partial charge in [-0.25, -0.2) is 0 Å². The summed E-state index contributed by atoms with van der Waals surface area (Å²) in [5.41, 5.74) is 3.67. The van der Waals surface area contributed by atoms with E-state index in [0.717, 1.165) is 17.3 Å². The Morgan fingerprint density at radius 1 is 1.15 bits per heavy atom. The zero-order valence-corrected chi connectivity index (χ0v) is 17.1. The van der Waals surface area contributed by atoms with Crippen LogP contribution in [0.4, 0.5) is 5.69 Å². The first-order valence-electron chi connectivity index (χ1n) is 9.52. The lowest BCUT2D eigenvalue weighted by molar-refractivity contribution is 0.116. The second-order valence-electron chi connectivity index (χ2n) is 7.65. The van der Waals surface area contributed by atoms with Gasteiger partial charge >= 0.3 is 0 Å². The van der Waals surface area contributed by atoms with Gasteiger partial charge in [0.25, 0.3) is 0 Å². The molecule has 2 aliphatic heterocycles. The van der Waals surface area contributed by atoms with Crippen LogP contribution in [0.1, 0.15) is 41.7 Å². The first-order chi connectivity index (χ1) is 12.6. The third-order valence-electron chi connectivity index (χ3n) is 5.99. The Morgan fingerprint density at radius 2 is 1.92 bits per heavy atom. The van der Waals surface area contributed by atoms with E-state index in [1.807, 2.05) is 11.3 Å². The number of aryl methyl sites for hydroxylation is 1. The quantitative estimate of drug-likeness (QED) is 0.736. The lowest BCUT2D eigenvalue weighted by atomic mass is 9.97. The maximum absolute atomic E-state index is 5.61. The molecule has 2 N–H and O–H groups in total. The minimum atomic E-state index is 0.484. The molecule has 2 bridgehead atoms. The van der Waals surface area contributed by atoms with Crippen LogP contribution in [0.3, 0.4) is 0 Å². The van der Waals surface area contributed by atoms with Gasteiger partial charge in [-0.2, -0.15) is 0 Å². The van der Waals surface area contributed by atoms with Crippen LogP contribution in [0.25, 0.3) is 0 Å². The van der Waals surface area contributed by atoms with Gasteiger partial charge < -0.3 is 10.6 Å². The topological polar surface area (TPSA) is 27.3 Å². The molecule has 0 aliphatic carbocycles. The van der Waals surface area contributed by atoms with E-state index in [-0.39, 0.29) is 0 Å². The van der Waals surface area contributed by atoms with Gasteiger partial charge in [0.05, 0.1) is 0 Å². The van der Waals surface area contributed by atoms with Crippen molar-refractivity contribution in [1.82, 2.24) is 10.2 Å². The van der Waals surface area contributed by atoms with Gasteiger partial charge in [0, 0.05) is 35.2 Å². The second kappa shape index (κ2) is 7.67. The van der Waals surface area contributed by atoms with Crippen molar-refractivity contribution in [3.05, 3.63) is 51.7 Å². The minimum absolute atomic E-state index is 0.484. The Hall–Kier alpha value is -1.43. The number of hydrogen-bond donors (Lipinski definition) is 2. The highest BCUT2D eigenvalue weighted by molar-refractivity contribution is 7.80. The molecular weight excluding hydrogens is 358 g/mol. The number of hydrogen-bond acceptors (Lipinski definition) is 3. The highest BCUT2D eigenvalue weighted by atomic mass is 32.1. The molecule has 2 saturated heterocycles. The van der Waals surface area contributed by atoms with Crippen molar-refractivity contribution in [2.45, 2.75) is 64.2 Å². The van der Waals surface area contributed by atoms with Gasteiger partial charge in [0.2, 0.25) is 0 Å². The number of piperidine rings is 1. The summed E-state index contributed by atoms with van der Waals surface area (Å²) in [6, 6.07) is 12.6. The van der Waals surface area contributed by atoms with Crippen molar-refractivity contribution in [3.8, 4) is 0 Å². The molecule has 0 radical (unpaired) electrons. The number of rotatable bonds is 4. The standard InChI is InChI=1S/C21H27N3S2/c1-14-5-3-7-20(15(14)2)23-21(25)22-16-11-17-8-9-18(12-16)24(17)13-19-6-4-10-26-19/h3-7,10,16-18H,8-9,11-13H2,1-2H3,(H2,22,23,25). The smallest absolute Gasteiger partial charge is 0.171 e. The molecule has 3 heterocycles. The maximum Gasteiger partial charge on any atom is 0.171 e. The molecule has 5 heteroatoms. The van der Waals surface area contributed by atoms with E-state index < -0.39 is 0 Å². The Bertz CT molecular complexity index is 758. The molecule has 0 spiro atoms. The highest BCUT2D eigenvalue weighted by Crippen LogP contribution is 2.37. The normalized spacial score (nSPS) is 25.2. The third-order valence-corrected chi connectivity index (χ3v) is 7.07. The fourth-order valence-electron chi connectivity index (χ4n) is 4.46. The first-order valence-corrected chi connectivity index (χ1v) is 10.8. The highest BCUT2D eigenvalue weighted by Gasteiger charge is 2.40. The van der Waals surface area contributed by atoms with E-state index in [1.54, 1.807) is 0 Å². The molecule has 2 unspecified atom stereocenters. The second-order valence-corrected chi connectivity index (χ2v) is 9.09. The van der Waals surface area contributed by atoms with Gasteiger partial charge in [-0.05, 0) is 80.4 Å². The number of fused-ring (bicyclic) bond motifs is 2. The van der Waals surface area contributed by atoms with Crippen molar-refractivity contribution < 1.29 is 0 Å². The van der Waals surface area contributed by atoms with Crippen LogP contribution in [0.5, 0.6) is 0 Å². The van der Waals surface area contributed by atoms with Crippen LogP contribution < -0.4 is 10.6 Å². The Balaban J connectivity index is 1.34. The van der Waals surface area contributed by atoms with Crippen molar-refractivity contribution in [2.75, 3.05) is 5.32 Å². The van der Waals surface area contributed by atoms with Crippen LogP contribution in [0, 0.1) is 13.8 Å². The summed E-state index contributed by atoms with van der Waals surface area (Å²) < 4.78 is 0. The average Bonchev–Trinajstić information content (AvgIpc) is 3.19. The number of anilines is 1. The molecule has 1 aromatic carbocycles. The predicted molar refractivity (Wildman–Crippen MR) is 115 cm³/mol.